The van der Waals surface area contributed by atoms with Crippen LogP contribution in [0.25, 0.3) is 5.69 Å². The maximum atomic E-state index is 12.5. The van der Waals surface area contributed by atoms with Crippen LogP contribution in [0, 0.1) is 6.92 Å². The maximum Gasteiger partial charge on any atom is 0.258 e. The number of carbonyl (C=O) groups is 1. The summed E-state index contributed by atoms with van der Waals surface area (Å²) >= 11 is 0. The van der Waals surface area contributed by atoms with Crippen molar-refractivity contribution in [1.82, 2.24) is 9.78 Å². The van der Waals surface area contributed by atoms with E-state index in [0.717, 1.165) is 11.3 Å². The Morgan fingerprint density at radius 3 is 2.81 bits per heavy atom. The second kappa shape index (κ2) is 8.31. The van der Waals surface area contributed by atoms with Gasteiger partial charge in [0.25, 0.3) is 5.91 Å². The third-order valence-electron chi connectivity index (χ3n) is 3.86. The minimum Gasteiger partial charge on any atom is -0.491 e. The largest absolute Gasteiger partial charge is 0.491 e. The number of aryl methyl sites for hydroxylation is 1. The Morgan fingerprint density at radius 2 is 2.00 bits per heavy atom. The van der Waals surface area contributed by atoms with Gasteiger partial charge in [-0.3, -0.25) is 4.79 Å². The average Bonchev–Trinajstić information content (AvgIpc) is 3.13. The van der Waals surface area contributed by atoms with E-state index in [1.807, 2.05) is 49.4 Å². The topological polar surface area (TPSA) is 65.4 Å². The van der Waals surface area contributed by atoms with Gasteiger partial charge in [-0.2, -0.15) is 5.10 Å². The van der Waals surface area contributed by atoms with Crippen molar-refractivity contribution in [3.8, 4) is 11.4 Å². The normalized spacial score (nSPS) is 10.5. The fraction of sp³-hybridized carbons (Fsp3) is 0.200. The van der Waals surface area contributed by atoms with E-state index in [1.54, 1.807) is 30.3 Å². The van der Waals surface area contributed by atoms with Gasteiger partial charge in [-0.05, 0) is 30.7 Å². The lowest BCUT2D eigenvalue weighted by Crippen LogP contribution is -2.11. The van der Waals surface area contributed by atoms with Gasteiger partial charge < -0.3 is 14.8 Å². The standard InChI is InChI=1S/C20H21N3O3/c1-15-6-3-4-9-19(15)23-14-16(13-21-23)20(24)22-17-7-5-8-18(12-17)26-11-10-25-2/h3-9,12-14H,10-11H2,1-2H3,(H,22,24). The van der Waals surface area contributed by atoms with E-state index in [0.29, 0.717) is 30.2 Å². The molecule has 0 aliphatic heterocycles. The summed E-state index contributed by atoms with van der Waals surface area (Å²) in [6.45, 7) is 2.97. The number of para-hydroxylation sites is 1. The number of carbonyl (C=O) groups excluding carboxylic acids is 1. The van der Waals surface area contributed by atoms with Crippen LogP contribution in [0.5, 0.6) is 5.75 Å². The van der Waals surface area contributed by atoms with Crippen molar-refractivity contribution in [1.29, 1.82) is 0 Å². The summed E-state index contributed by atoms with van der Waals surface area (Å²) in [6, 6.07) is 15.1. The fourth-order valence-electron chi connectivity index (χ4n) is 2.50. The van der Waals surface area contributed by atoms with Crippen molar-refractivity contribution in [3.63, 3.8) is 0 Å². The number of aromatic nitrogens is 2. The van der Waals surface area contributed by atoms with Gasteiger partial charge in [0.2, 0.25) is 0 Å². The van der Waals surface area contributed by atoms with Gasteiger partial charge in [0.1, 0.15) is 12.4 Å². The number of benzene rings is 2. The minimum atomic E-state index is -0.223. The molecule has 6 nitrogen and oxygen atoms in total. The molecule has 6 heteroatoms. The number of ether oxygens (including phenoxy) is 2. The molecule has 3 aromatic rings. The summed E-state index contributed by atoms with van der Waals surface area (Å²) in [6.07, 6.45) is 3.28. The number of amides is 1. The maximum absolute atomic E-state index is 12.5. The number of anilines is 1. The fourth-order valence-corrected chi connectivity index (χ4v) is 2.50. The molecule has 0 saturated carbocycles. The van der Waals surface area contributed by atoms with Crippen LogP contribution < -0.4 is 10.1 Å². The van der Waals surface area contributed by atoms with Crippen molar-refractivity contribution in [3.05, 3.63) is 72.1 Å². The highest BCUT2D eigenvalue weighted by molar-refractivity contribution is 6.04. The highest BCUT2D eigenvalue weighted by Gasteiger charge is 2.11. The lowest BCUT2D eigenvalue weighted by atomic mass is 10.2. The molecular formula is C20H21N3O3. The number of hydrogen-bond acceptors (Lipinski definition) is 4. The summed E-state index contributed by atoms with van der Waals surface area (Å²) in [5.74, 6) is 0.453. The first-order valence-corrected chi connectivity index (χ1v) is 8.31. The van der Waals surface area contributed by atoms with Crippen LogP contribution in [0.1, 0.15) is 15.9 Å². The Balaban J connectivity index is 1.69. The number of hydrogen-bond donors (Lipinski definition) is 1. The smallest absolute Gasteiger partial charge is 0.258 e. The molecule has 26 heavy (non-hydrogen) atoms. The summed E-state index contributed by atoms with van der Waals surface area (Å²) in [5, 5.41) is 7.16. The average molecular weight is 351 g/mol. The van der Waals surface area contributed by atoms with Gasteiger partial charge >= 0.3 is 0 Å². The first-order chi connectivity index (χ1) is 12.7. The molecule has 0 aliphatic rings. The molecule has 0 radical (unpaired) electrons. The number of nitrogens with zero attached hydrogens (tertiary/aromatic N) is 2. The Labute approximate surface area is 152 Å². The summed E-state index contributed by atoms with van der Waals surface area (Å²) in [5.41, 5.74) is 3.18. The van der Waals surface area contributed by atoms with Crippen LogP contribution in [-0.2, 0) is 4.74 Å². The Kier molecular flexibility index (Phi) is 5.66. The molecule has 0 saturated heterocycles. The Bertz CT molecular complexity index is 889. The molecule has 134 valence electrons. The van der Waals surface area contributed by atoms with Crippen LogP contribution in [0.4, 0.5) is 5.69 Å². The van der Waals surface area contributed by atoms with E-state index in [-0.39, 0.29) is 5.91 Å². The van der Waals surface area contributed by atoms with E-state index in [4.69, 9.17) is 9.47 Å². The van der Waals surface area contributed by atoms with Gasteiger partial charge in [0.05, 0.1) is 24.1 Å². The van der Waals surface area contributed by atoms with Crippen LogP contribution in [0.15, 0.2) is 60.9 Å². The number of rotatable bonds is 7. The van der Waals surface area contributed by atoms with Gasteiger partial charge in [-0.1, -0.05) is 24.3 Å². The molecule has 0 fully saturated rings. The van der Waals surface area contributed by atoms with E-state index >= 15 is 0 Å². The quantitative estimate of drug-likeness (QED) is 0.662. The van der Waals surface area contributed by atoms with E-state index < -0.39 is 0 Å². The van der Waals surface area contributed by atoms with E-state index in [2.05, 4.69) is 10.4 Å². The zero-order valence-corrected chi connectivity index (χ0v) is 14.8. The van der Waals surface area contributed by atoms with Gasteiger partial charge in [0, 0.05) is 25.1 Å². The molecule has 0 aliphatic carbocycles. The van der Waals surface area contributed by atoms with Crippen molar-refractivity contribution >= 4 is 11.6 Å². The monoisotopic (exact) mass is 351 g/mol. The number of methoxy groups -OCH3 is 1. The minimum absolute atomic E-state index is 0.223. The second-order valence-electron chi connectivity index (χ2n) is 5.78. The summed E-state index contributed by atoms with van der Waals surface area (Å²) in [4.78, 5) is 12.5. The highest BCUT2D eigenvalue weighted by Crippen LogP contribution is 2.19. The van der Waals surface area contributed by atoms with E-state index in [9.17, 15) is 4.79 Å². The third kappa shape index (κ3) is 4.29. The molecule has 1 aromatic heterocycles. The molecule has 1 amide bonds. The lowest BCUT2D eigenvalue weighted by Gasteiger charge is -2.08. The molecule has 1 heterocycles. The first kappa shape index (κ1) is 17.7. The van der Waals surface area contributed by atoms with Crippen LogP contribution >= 0.6 is 0 Å². The van der Waals surface area contributed by atoms with Gasteiger partial charge in [0.15, 0.2) is 0 Å². The molecule has 0 bridgehead atoms. The van der Waals surface area contributed by atoms with Crippen LogP contribution in [0.3, 0.4) is 0 Å². The predicted octanol–water partition coefficient (Wildman–Crippen LogP) is 3.46. The first-order valence-electron chi connectivity index (χ1n) is 8.31. The summed E-state index contributed by atoms with van der Waals surface area (Å²) < 4.78 is 12.2. The molecule has 3 rings (SSSR count). The zero-order chi connectivity index (χ0) is 18.4. The predicted molar refractivity (Wildman–Crippen MR) is 100 cm³/mol. The molecular weight excluding hydrogens is 330 g/mol. The van der Waals surface area contributed by atoms with Crippen molar-refractivity contribution in [2.24, 2.45) is 0 Å². The van der Waals surface area contributed by atoms with Crippen molar-refractivity contribution < 1.29 is 14.3 Å². The Hall–Kier alpha value is -3.12. The van der Waals surface area contributed by atoms with Gasteiger partial charge in [-0.15, -0.1) is 0 Å². The van der Waals surface area contributed by atoms with Crippen LogP contribution in [0.2, 0.25) is 0 Å². The van der Waals surface area contributed by atoms with E-state index in [1.165, 1.54) is 0 Å². The van der Waals surface area contributed by atoms with Crippen molar-refractivity contribution in [2.45, 2.75) is 6.92 Å². The molecule has 0 atom stereocenters. The SMILES string of the molecule is COCCOc1cccc(NC(=O)c2cnn(-c3ccccc3C)c2)c1. The highest BCUT2D eigenvalue weighted by atomic mass is 16.5. The molecule has 1 N–H and O–H groups in total. The van der Waals surface area contributed by atoms with Gasteiger partial charge in [-0.25, -0.2) is 4.68 Å². The second-order valence-corrected chi connectivity index (χ2v) is 5.78. The van der Waals surface area contributed by atoms with Crippen molar-refractivity contribution in [2.75, 3.05) is 25.6 Å². The summed E-state index contributed by atoms with van der Waals surface area (Å²) in [7, 11) is 1.62. The lowest BCUT2D eigenvalue weighted by molar-refractivity contribution is 0.102. The Morgan fingerprint density at radius 1 is 1.15 bits per heavy atom. The molecule has 0 unspecified atom stereocenters. The third-order valence-corrected chi connectivity index (χ3v) is 3.86. The number of nitrogens with one attached hydrogen (secondary N) is 1. The van der Waals surface area contributed by atoms with Crippen LogP contribution in [-0.4, -0.2) is 36.0 Å². The molecule has 0 spiro atoms. The zero-order valence-electron chi connectivity index (χ0n) is 14.8. The molecule has 2 aromatic carbocycles.